The molecule has 2 rings (SSSR count). The lowest BCUT2D eigenvalue weighted by molar-refractivity contribution is 0.631. The first-order valence-corrected chi connectivity index (χ1v) is 5.35. The Hall–Kier alpha value is -0.900. The molecule has 0 aliphatic carbocycles. The molecule has 1 aromatic heterocycles. The minimum atomic E-state index is -0.488. The maximum Gasteiger partial charge on any atom is 0.159 e. The first kappa shape index (κ1) is 11.6. The highest BCUT2D eigenvalue weighted by atomic mass is 35.5. The van der Waals surface area contributed by atoms with Crippen molar-refractivity contribution < 1.29 is 4.39 Å². The van der Waals surface area contributed by atoms with E-state index in [1.807, 2.05) is 0 Å². The van der Waals surface area contributed by atoms with E-state index >= 15 is 0 Å². The fraction of sp³-hybridized carbons (Fsp3) is 0. The third kappa shape index (κ3) is 2.26. The van der Waals surface area contributed by atoms with E-state index in [1.54, 1.807) is 6.07 Å². The highest BCUT2D eigenvalue weighted by molar-refractivity contribution is 6.33. The molecule has 0 unspecified atom stereocenters. The van der Waals surface area contributed by atoms with Crippen molar-refractivity contribution in [3.8, 4) is 11.1 Å². The molecule has 0 N–H and O–H groups in total. The quantitative estimate of drug-likeness (QED) is 0.779. The SMILES string of the molecule is Fc1cc(Cl)ccc1-c1cc(Cl)nnc1Cl. The smallest absolute Gasteiger partial charge is 0.159 e. The fourth-order valence-corrected chi connectivity index (χ4v) is 1.75. The molecule has 0 fully saturated rings. The molecule has 0 saturated carbocycles. The Balaban J connectivity index is 2.62. The molecule has 0 spiro atoms. The van der Waals surface area contributed by atoms with Crippen molar-refractivity contribution in [3.63, 3.8) is 0 Å². The average Bonchev–Trinajstić information content (AvgIpc) is 2.22. The van der Waals surface area contributed by atoms with Gasteiger partial charge in [-0.15, -0.1) is 10.2 Å². The maximum absolute atomic E-state index is 13.6. The van der Waals surface area contributed by atoms with Crippen LogP contribution in [0.1, 0.15) is 0 Å². The molecule has 0 bridgehead atoms. The van der Waals surface area contributed by atoms with E-state index in [4.69, 9.17) is 34.8 Å². The fourth-order valence-electron chi connectivity index (χ4n) is 1.25. The minimum absolute atomic E-state index is 0.0885. The third-order valence-electron chi connectivity index (χ3n) is 1.94. The van der Waals surface area contributed by atoms with Gasteiger partial charge >= 0.3 is 0 Å². The Morgan fingerprint density at radius 1 is 0.938 bits per heavy atom. The van der Waals surface area contributed by atoms with Gasteiger partial charge in [-0.1, -0.05) is 34.8 Å². The standard InChI is InChI=1S/C10H4Cl3FN2/c11-5-1-2-6(8(14)3-5)7-4-9(12)15-16-10(7)13/h1-4H. The highest BCUT2D eigenvalue weighted by Gasteiger charge is 2.11. The van der Waals surface area contributed by atoms with Gasteiger partial charge in [-0.05, 0) is 24.3 Å². The van der Waals surface area contributed by atoms with Gasteiger partial charge in [-0.25, -0.2) is 4.39 Å². The van der Waals surface area contributed by atoms with E-state index in [0.29, 0.717) is 10.6 Å². The van der Waals surface area contributed by atoms with Crippen LogP contribution in [0.4, 0.5) is 4.39 Å². The summed E-state index contributed by atoms with van der Waals surface area (Å²) < 4.78 is 13.6. The predicted octanol–water partition coefficient (Wildman–Crippen LogP) is 4.24. The van der Waals surface area contributed by atoms with Crippen molar-refractivity contribution in [1.82, 2.24) is 10.2 Å². The van der Waals surface area contributed by atoms with Crippen LogP contribution in [0.15, 0.2) is 24.3 Å². The molecule has 0 saturated heterocycles. The normalized spacial score (nSPS) is 10.5. The van der Waals surface area contributed by atoms with Gasteiger partial charge in [0.05, 0.1) is 0 Å². The van der Waals surface area contributed by atoms with Crippen molar-refractivity contribution in [3.05, 3.63) is 45.4 Å². The first-order valence-electron chi connectivity index (χ1n) is 4.22. The van der Waals surface area contributed by atoms with Crippen molar-refractivity contribution in [2.75, 3.05) is 0 Å². The Morgan fingerprint density at radius 3 is 2.38 bits per heavy atom. The number of benzene rings is 1. The van der Waals surface area contributed by atoms with Crippen LogP contribution in [0.25, 0.3) is 11.1 Å². The van der Waals surface area contributed by atoms with Crippen LogP contribution >= 0.6 is 34.8 Å². The summed E-state index contributed by atoms with van der Waals surface area (Å²) in [5.74, 6) is -0.488. The highest BCUT2D eigenvalue weighted by Crippen LogP contribution is 2.30. The zero-order valence-corrected chi connectivity index (χ0v) is 9.98. The summed E-state index contributed by atoms with van der Waals surface area (Å²) in [5, 5.41) is 7.70. The monoisotopic (exact) mass is 276 g/mol. The molecule has 1 heterocycles. The van der Waals surface area contributed by atoms with E-state index < -0.39 is 5.82 Å². The summed E-state index contributed by atoms with van der Waals surface area (Å²) in [4.78, 5) is 0. The summed E-state index contributed by atoms with van der Waals surface area (Å²) in [6, 6.07) is 5.71. The zero-order valence-electron chi connectivity index (χ0n) is 7.72. The average molecular weight is 278 g/mol. The molecule has 0 aliphatic rings. The molecule has 2 aromatic rings. The Labute approximate surface area is 106 Å². The lowest BCUT2D eigenvalue weighted by Crippen LogP contribution is -1.90. The van der Waals surface area contributed by atoms with Crippen LogP contribution in [0.3, 0.4) is 0 Å². The molecule has 16 heavy (non-hydrogen) atoms. The summed E-state index contributed by atoms with van der Waals surface area (Å²) in [6.45, 7) is 0. The summed E-state index contributed by atoms with van der Waals surface area (Å²) >= 11 is 17.1. The van der Waals surface area contributed by atoms with E-state index in [1.165, 1.54) is 18.2 Å². The number of rotatable bonds is 1. The Kier molecular flexibility index (Phi) is 3.28. The van der Waals surface area contributed by atoms with E-state index in [0.717, 1.165) is 0 Å². The third-order valence-corrected chi connectivity index (χ3v) is 2.64. The van der Waals surface area contributed by atoms with Gasteiger partial charge in [0, 0.05) is 16.1 Å². The van der Waals surface area contributed by atoms with Gasteiger partial charge in [0.25, 0.3) is 0 Å². The van der Waals surface area contributed by atoms with Crippen LogP contribution in [0.2, 0.25) is 15.3 Å². The topological polar surface area (TPSA) is 25.8 Å². The molecular formula is C10H4Cl3FN2. The molecule has 1 aromatic carbocycles. The molecule has 0 aliphatic heterocycles. The van der Waals surface area contributed by atoms with Crippen LogP contribution in [-0.4, -0.2) is 10.2 Å². The Bertz CT molecular complexity index is 546. The predicted molar refractivity (Wildman–Crippen MR) is 62.5 cm³/mol. The van der Waals surface area contributed by atoms with Gasteiger partial charge < -0.3 is 0 Å². The number of aromatic nitrogens is 2. The van der Waals surface area contributed by atoms with Crippen LogP contribution in [0, 0.1) is 5.82 Å². The summed E-state index contributed by atoms with van der Waals surface area (Å²) in [6.07, 6.45) is 0. The molecule has 82 valence electrons. The minimum Gasteiger partial charge on any atom is -0.206 e. The molecule has 0 atom stereocenters. The number of halogens is 4. The van der Waals surface area contributed by atoms with Crippen LogP contribution < -0.4 is 0 Å². The Morgan fingerprint density at radius 2 is 1.69 bits per heavy atom. The molecule has 0 amide bonds. The second-order valence-electron chi connectivity index (χ2n) is 3.00. The summed E-state index contributed by atoms with van der Waals surface area (Å²) in [5.41, 5.74) is 0.669. The van der Waals surface area contributed by atoms with Gasteiger partial charge in [-0.2, -0.15) is 0 Å². The van der Waals surface area contributed by atoms with Gasteiger partial charge in [0.1, 0.15) is 5.82 Å². The van der Waals surface area contributed by atoms with Gasteiger partial charge in [0.2, 0.25) is 0 Å². The largest absolute Gasteiger partial charge is 0.206 e. The lowest BCUT2D eigenvalue weighted by Gasteiger charge is -2.05. The van der Waals surface area contributed by atoms with Gasteiger partial charge in [0.15, 0.2) is 10.3 Å². The number of hydrogen-bond donors (Lipinski definition) is 0. The lowest BCUT2D eigenvalue weighted by atomic mass is 10.1. The molecule has 2 nitrogen and oxygen atoms in total. The maximum atomic E-state index is 13.6. The van der Waals surface area contributed by atoms with Crippen molar-refractivity contribution in [2.24, 2.45) is 0 Å². The van der Waals surface area contributed by atoms with E-state index in [-0.39, 0.29) is 15.9 Å². The molecular weight excluding hydrogens is 273 g/mol. The second-order valence-corrected chi connectivity index (χ2v) is 4.18. The van der Waals surface area contributed by atoms with Crippen LogP contribution in [0.5, 0.6) is 0 Å². The summed E-state index contributed by atoms with van der Waals surface area (Å²) in [7, 11) is 0. The number of hydrogen-bond acceptors (Lipinski definition) is 2. The van der Waals surface area contributed by atoms with E-state index in [9.17, 15) is 4.39 Å². The molecule has 0 radical (unpaired) electrons. The van der Waals surface area contributed by atoms with Crippen LogP contribution in [-0.2, 0) is 0 Å². The number of nitrogens with zero attached hydrogens (tertiary/aromatic N) is 2. The van der Waals surface area contributed by atoms with Crippen molar-refractivity contribution >= 4 is 34.8 Å². The zero-order chi connectivity index (χ0) is 11.7. The van der Waals surface area contributed by atoms with Crippen molar-refractivity contribution in [2.45, 2.75) is 0 Å². The van der Waals surface area contributed by atoms with E-state index in [2.05, 4.69) is 10.2 Å². The first-order chi connectivity index (χ1) is 7.58. The van der Waals surface area contributed by atoms with Gasteiger partial charge in [-0.3, -0.25) is 0 Å². The van der Waals surface area contributed by atoms with Crippen molar-refractivity contribution in [1.29, 1.82) is 0 Å². The molecule has 6 heteroatoms. The second kappa shape index (κ2) is 4.53.